The zero-order valence-corrected chi connectivity index (χ0v) is 12.0. The maximum absolute atomic E-state index is 6.13. The fraction of sp³-hybridized carbons (Fsp3) is 0.600. The Morgan fingerprint density at radius 1 is 1.35 bits per heavy atom. The molecule has 2 aliphatic heterocycles. The van der Waals surface area contributed by atoms with Gasteiger partial charge in [0.05, 0.1) is 5.56 Å². The van der Waals surface area contributed by atoms with Crippen LogP contribution in [0.25, 0.3) is 0 Å². The van der Waals surface area contributed by atoms with E-state index in [-0.39, 0.29) is 6.10 Å². The van der Waals surface area contributed by atoms with Crippen LogP contribution in [0.15, 0.2) is 23.3 Å². The summed E-state index contributed by atoms with van der Waals surface area (Å²) in [6.07, 6.45) is 5.27. The quantitative estimate of drug-likeness (QED) is 0.902. The molecule has 0 saturated carbocycles. The van der Waals surface area contributed by atoms with Gasteiger partial charge in [0.15, 0.2) is 0 Å². The summed E-state index contributed by atoms with van der Waals surface area (Å²) in [7, 11) is 2.16. The Kier molecular flexibility index (Phi) is 4.16. The highest BCUT2D eigenvalue weighted by Gasteiger charge is 2.21. The van der Waals surface area contributed by atoms with E-state index in [1.165, 1.54) is 0 Å². The van der Waals surface area contributed by atoms with Gasteiger partial charge in [-0.1, -0.05) is 0 Å². The molecule has 0 atom stereocenters. The molecule has 1 aromatic heterocycles. The molecule has 1 saturated heterocycles. The Bertz CT molecular complexity index is 481. The summed E-state index contributed by atoms with van der Waals surface area (Å²) in [5.41, 5.74) is 0.992. The molecule has 5 heteroatoms. The minimum Gasteiger partial charge on any atom is -0.474 e. The highest BCUT2D eigenvalue weighted by molar-refractivity contribution is 6.00. The van der Waals surface area contributed by atoms with Crippen molar-refractivity contribution in [2.45, 2.75) is 25.4 Å². The van der Waals surface area contributed by atoms with Crippen molar-refractivity contribution >= 4 is 5.84 Å². The van der Waals surface area contributed by atoms with E-state index in [1.807, 2.05) is 12.1 Å². The smallest absolute Gasteiger partial charge is 0.224 e. The maximum atomic E-state index is 6.13. The van der Waals surface area contributed by atoms with Crippen LogP contribution in [0.3, 0.4) is 0 Å². The minimum absolute atomic E-state index is 0.268. The number of aromatic nitrogens is 1. The second-order valence-electron chi connectivity index (χ2n) is 5.49. The molecule has 2 aliphatic rings. The molecule has 0 amide bonds. The first kappa shape index (κ1) is 13.4. The first-order chi connectivity index (χ1) is 9.83. The second kappa shape index (κ2) is 6.22. The minimum atomic E-state index is 0.268. The molecular formula is C15H22N4O. The molecule has 1 N–H and O–H groups in total. The van der Waals surface area contributed by atoms with Crippen LogP contribution in [0.5, 0.6) is 5.88 Å². The molecule has 3 rings (SSSR count). The van der Waals surface area contributed by atoms with Crippen LogP contribution in [-0.2, 0) is 0 Å². The van der Waals surface area contributed by atoms with E-state index in [4.69, 9.17) is 4.74 Å². The number of hydrogen-bond donors (Lipinski definition) is 1. The van der Waals surface area contributed by atoms with Crippen LogP contribution < -0.4 is 10.1 Å². The Morgan fingerprint density at radius 3 is 2.95 bits per heavy atom. The van der Waals surface area contributed by atoms with Crippen LogP contribution in [0, 0.1) is 0 Å². The van der Waals surface area contributed by atoms with Crippen LogP contribution in [-0.4, -0.2) is 55.1 Å². The van der Waals surface area contributed by atoms with Gasteiger partial charge in [-0.3, -0.25) is 4.99 Å². The number of ether oxygens (including phenoxy) is 1. The summed E-state index contributed by atoms with van der Waals surface area (Å²) < 4.78 is 6.13. The van der Waals surface area contributed by atoms with E-state index >= 15 is 0 Å². The third-order valence-electron chi connectivity index (χ3n) is 3.87. The molecule has 0 bridgehead atoms. The highest BCUT2D eigenvalue weighted by Crippen LogP contribution is 2.21. The zero-order valence-electron chi connectivity index (χ0n) is 12.0. The van der Waals surface area contributed by atoms with Crippen molar-refractivity contribution in [3.8, 4) is 5.88 Å². The third-order valence-corrected chi connectivity index (χ3v) is 3.87. The Morgan fingerprint density at radius 2 is 2.20 bits per heavy atom. The predicted octanol–water partition coefficient (Wildman–Crippen LogP) is 1.29. The number of nitrogens with one attached hydrogen (secondary N) is 1. The summed E-state index contributed by atoms with van der Waals surface area (Å²) in [4.78, 5) is 11.3. The Hall–Kier alpha value is -1.62. The number of piperidine rings is 1. The first-order valence-corrected chi connectivity index (χ1v) is 7.42. The first-order valence-electron chi connectivity index (χ1n) is 7.42. The van der Waals surface area contributed by atoms with E-state index in [0.29, 0.717) is 0 Å². The molecule has 0 aliphatic carbocycles. The van der Waals surface area contributed by atoms with E-state index in [2.05, 4.69) is 27.2 Å². The lowest BCUT2D eigenvalue weighted by Crippen LogP contribution is -2.36. The summed E-state index contributed by atoms with van der Waals surface area (Å²) in [6, 6.07) is 3.98. The molecule has 5 nitrogen and oxygen atoms in total. The summed E-state index contributed by atoms with van der Waals surface area (Å²) in [5, 5.41) is 3.34. The number of nitrogens with zero attached hydrogens (tertiary/aromatic N) is 3. The average Bonchev–Trinajstić information content (AvgIpc) is 2.51. The van der Waals surface area contributed by atoms with Gasteiger partial charge in [-0.15, -0.1) is 0 Å². The van der Waals surface area contributed by atoms with Gasteiger partial charge >= 0.3 is 0 Å². The topological polar surface area (TPSA) is 49.8 Å². The molecule has 1 aromatic rings. The lowest BCUT2D eigenvalue weighted by atomic mass is 10.1. The van der Waals surface area contributed by atoms with Crippen LogP contribution >= 0.6 is 0 Å². The Labute approximate surface area is 120 Å². The van der Waals surface area contributed by atoms with E-state index < -0.39 is 0 Å². The fourth-order valence-electron chi connectivity index (χ4n) is 2.64. The number of hydrogen-bond acceptors (Lipinski definition) is 5. The van der Waals surface area contributed by atoms with E-state index in [9.17, 15) is 0 Å². The fourth-order valence-corrected chi connectivity index (χ4v) is 2.64. The van der Waals surface area contributed by atoms with Crippen molar-refractivity contribution < 1.29 is 4.74 Å². The number of likely N-dealkylation sites (tertiary alicyclic amines) is 1. The molecule has 1 fully saturated rings. The zero-order chi connectivity index (χ0) is 13.8. The molecule has 0 aromatic carbocycles. The SMILES string of the molecule is CN1CCC(Oc2ncccc2C2=NCCCN2)CC1. The normalized spacial score (nSPS) is 21.1. The summed E-state index contributed by atoms with van der Waals surface area (Å²) in [6.45, 7) is 4.03. The van der Waals surface area contributed by atoms with E-state index in [0.717, 1.165) is 62.7 Å². The standard InChI is InChI=1S/C15H22N4O/c1-19-10-5-12(6-11-19)20-15-13(4-2-7-18-15)14-16-8-3-9-17-14/h2,4,7,12H,3,5-6,8-11H2,1H3,(H,16,17). The van der Waals surface area contributed by atoms with Crippen molar-refractivity contribution in [1.29, 1.82) is 0 Å². The number of pyridine rings is 1. The molecule has 108 valence electrons. The molecule has 20 heavy (non-hydrogen) atoms. The number of aliphatic imine (C=N–C) groups is 1. The molecule has 0 radical (unpaired) electrons. The maximum Gasteiger partial charge on any atom is 0.224 e. The molecule has 0 spiro atoms. The summed E-state index contributed by atoms with van der Waals surface area (Å²) in [5.74, 6) is 1.64. The lowest BCUT2D eigenvalue weighted by Gasteiger charge is -2.29. The number of rotatable bonds is 3. The van der Waals surface area contributed by atoms with Gasteiger partial charge in [-0.05, 0) is 38.4 Å². The van der Waals surface area contributed by atoms with Crippen LogP contribution in [0.4, 0.5) is 0 Å². The van der Waals surface area contributed by atoms with Crippen molar-refractivity contribution in [3.63, 3.8) is 0 Å². The molecular weight excluding hydrogens is 252 g/mol. The van der Waals surface area contributed by atoms with Gasteiger partial charge in [0.2, 0.25) is 5.88 Å². The lowest BCUT2D eigenvalue weighted by molar-refractivity contribution is 0.110. The van der Waals surface area contributed by atoms with Crippen LogP contribution in [0.2, 0.25) is 0 Å². The van der Waals surface area contributed by atoms with Crippen molar-refractivity contribution in [1.82, 2.24) is 15.2 Å². The van der Waals surface area contributed by atoms with Crippen molar-refractivity contribution in [3.05, 3.63) is 23.9 Å². The van der Waals surface area contributed by atoms with E-state index in [1.54, 1.807) is 6.20 Å². The van der Waals surface area contributed by atoms with Gasteiger partial charge in [0, 0.05) is 32.4 Å². The molecule has 0 unspecified atom stereocenters. The predicted molar refractivity (Wildman–Crippen MR) is 79.4 cm³/mol. The highest BCUT2D eigenvalue weighted by atomic mass is 16.5. The molecule has 3 heterocycles. The second-order valence-corrected chi connectivity index (χ2v) is 5.49. The summed E-state index contributed by atoms with van der Waals surface area (Å²) >= 11 is 0. The van der Waals surface area contributed by atoms with Gasteiger partial charge in [-0.2, -0.15) is 0 Å². The Balaban J connectivity index is 1.74. The van der Waals surface area contributed by atoms with Crippen LogP contribution in [0.1, 0.15) is 24.8 Å². The van der Waals surface area contributed by atoms with Crippen molar-refractivity contribution in [2.75, 3.05) is 33.2 Å². The van der Waals surface area contributed by atoms with Crippen molar-refractivity contribution in [2.24, 2.45) is 4.99 Å². The van der Waals surface area contributed by atoms with Gasteiger partial charge in [0.25, 0.3) is 0 Å². The van der Waals surface area contributed by atoms with Gasteiger partial charge in [0.1, 0.15) is 11.9 Å². The average molecular weight is 274 g/mol. The third kappa shape index (κ3) is 3.10. The number of amidine groups is 1. The van der Waals surface area contributed by atoms with Gasteiger partial charge < -0.3 is 15.0 Å². The monoisotopic (exact) mass is 274 g/mol. The van der Waals surface area contributed by atoms with Gasteiger partial charge in [-0.25, -0.2) is 4.98 Å². The largest absolute Gasteiger partial charge is 0.474 e.